The number of benzene rings is 1. The van der Waals surface area contributed by atoms with Crippen LogP contribution in [-0.4, -0.2) is 22.5 Å². The van der Waals surface area contributed by atoms with Crippen LogP contribution in [0.3, 0.4) is 0 Å². The van der Waals surface area contributed by atoms with E-state index < -0.39 is 5.95 Å². The van der Waals surface area contributed by atoms with Crippen LogP contribution in [0.15, 0.2) is 48.7 Å². The highest BCUT2D eigenvalue weighted by Crippen LogP contribution is 2.30. The molecular weight excluding hydrogens is 369 g/mol. The largest absolute Gasteiger partial charge is 0.492 e. The zero-order valence-corrected chi connectivity index (χ0v) is 15.5. The normalized spacial score (nSPS) is 10.5. The van der Waals surface area contributed by atoms with Crippen LogP contribution in [0, 0.1) is 12.9 Å². The molecule has 2 heterocycles. The number of hydrogen-bond donors (Lipinski definition) is 1. The summed E-state index contributed by atoms with van der Waals surface area (Å²) in [5, 5.41) is 3.28. The summed E-state index contributed by atoms with van der Waals surface area (Å²) in [7, 11) is 0. The molecule has 0 fully saturated rings. The van der Waals surface area contributed by atoms with Crippen LogP contribution in [0.4, 0.5) is 10.1 Å². The summed E-state index contributed by atoms with van der Waals surface area (Å²) in [6.07, 6.45) is 1.62. The number of ether oxygens (including phenoxy) is 1. The Morgan fingerprint density at radius 2 is 2.04 bits per heavy atom. The molecule has 7 heteroatoms. The number of rotatable bonds is 5. The molecule has 3 rings (SSSR count). The minimum atomic E-state index is -0.626. The van der Waals surface area contributed by atoms with Crippen LogP contribution in [0.1, 0.15) is 23.0 Å². The Bertz CT molecular complexity index is 977. The molecule has 0 aliphatic rings. The summed E-state index contributed by atoms with van der Waals surface area (Å²) in [5.41, 5.74) is 2.48. The standard InChI is InChI=1S/C20H17ClFN3O2/c1-3-27-14-5-8-18(23-11-14)16-10-13(4-7-17(16)21)25-20(26)15-6-9-19(22)24-12(15)2/h4-11H,3H2,1-2H3,(H,25,26). The quantitative estimate of drug-likeness (QED) is 0.635. The first-order valence-electron chi connectivity index (χ1n) is 8.31. The van der Waals surface area contributed by atoms with E-state index in [4.69, 9.17) is 16.3 Å². The Labute approximate surface area is 161 Å². The summed E-state index contributed by atoms with van der Waals surface area (Å²) in [6.45, 7) is 4.03. The molecule has 0 saturated heterocycles. The Hall–Kier alpha value is -2.99. The van der Waals surface area contributed by atoms with E-state index in [0.29, 0.717) is 45.6 Å². The van der Waals surface area contributed by atoms with E-state index in [-0.39, 0.29) is 5.91 Å². The van der Waals surface area contributed by atoms with Crippen molar-refractivity contribution in [2.24, 2.45) is 0 Å². The molecule has 0 saturated carbocycles. The molecular formula is C20H17ClFN3O2. The van der Waals surface area contributed by atoms with Gasteiger partial charge in [-0.2, -0.15) is 4.39 Å². The molecule has 0 aliphatic heterocycles. The predicted octanol–water partition coefficient (Wildman–Crippen LogP) is 4.90. The van der Waals surface area contributed by atoms with Crippen molar-refractivity contribution in [3.05, 3.63) is 70.9 Å². The average Bonchev–Trinajstić information content (AvgIpc) is 2.64. The zero-order valence-electron chi connectivity index (χ0n) is 14.8. The smallest absolute Gasteiger partial charge is 0.257 e. The average molecular weight is 386 g/mol. The number of pyridine rings is 2. The van der Waals surface area contributed by atoms with Crippen LogP contribution >= 0.6 is 11.6 Å². The Balaban J connectivity index is 1.85. The molecule has 0 spiro atoms. The molecule has 0 atom stereocenters. The highest BCUT2D eigenvalue weighted by Gasteiger charge is 2.13. The van der Waals surface area contributed by atoms with Crippen molar-refractivity contribution >= 4 is 23.2 Å². The van der Waals surface area contributed by atoms with E-state index in [1.807, 2.05) is 6.92 Å². The predicted molar refractivity (Wildman–Crippen MR) is 103 cm³/mol. The van der Waals surface area contributed by atoms with Gasteiger partial charge in [-0.25, -0.2) is 4.98 Å². The zero-order chi connectivity index (χ0) is 19.4. The minimum Gasteiger partial charge on any atom is -0.492 e. The second-order valence-electron chi connectivity index (χ2n) is 5.73. The second kappa shape index (κ2) is 8.14. The molecule has 138 valence electrons. The SMILES string of the molecule is CCOc1ccc(-c2cc(NC(=O)c3ccc(F)nc3C)ccc2Cl)nc1. The number of aromatic nitrogens is 2. The maximum atomic E-state index is 13.1. The van der Waals surface area contributed by atoms with Gasteiger partial charge >= 0.3 is 0 Å². The summed E-state index contributed by atoms with van der Waals surface area (Å²) < 4.78 is 18.5. The van der Waals surface area contributed by atoms with Gasteiger partial charge in [0.15, 0.2) is 0 Å². The van der Waals surface area contributed by atoms with Crippen LogP contribution < -0.4 is 10.1 Å². The van der Waals surface area contributed by atoms with E-state index in [1.165, 1.54) is 6.07 Å². The number of amides is 1. The molecule has 2 aromatic heterocycles. The monoisotopic (exact) mass is 385 g/mol. The van der Waals surface area contributed by atoms with Gasteiger partial charge in [0.2, 0.25) is 5.95 Å². The van der Waals surface area contributed by atoms with E-state index in [2.05, 4.69) is 15.3 Å². The molecule has 5 nitrogen and oxygen atoms in total. The van der Waals surface area contributed by atoms with Gasteiger partial charge in [0.05, 0.1) is 34.8 Å². The minimum absolute atomic E-state index is 0.298. The van der Waals surface area contributed by atoms with Gasteiger partial charge < -0.3 is 10.1 Å². The summed E-state index contributed by atoms with van der Waals surface area (Å²) in [6, 6.07) is 11.3. The third-order valence-corrected chi connectivity index (χ3v) is 4.17. The summed E-state index contributed by atoms with van der Waals surface area (Å²) in [5.74, 6) is -0.339. The van der Waals surface area contributed by atoms with Crippen molar-refractivity contribution in [3.8, 4) is 17.0 Å². The molecule has 1 N–H and O–H groups in total. The lowest BCUT2D eigenvalue weighted by Crippen LogP contribution is -2.14. The lowest BCUT2D eigenvalue weighted by Gasteiger charge is -2.11. The van der Waals surface area contributed by atoms with Crippen LogP contribution in [0.25, 0.3) is 11.3 Å². The maximum Gasteiger partial charge on any atom is 0.257 e. The van der Waals surface area contributed by atoms with Crippen molar-refractivity contribution < 1.29 is 13.9 Å². The maximum absolute atomic E-state index is 13.1. The number of carbonyl (C=O) groups is 1. The van der Waals surface area contributed by atoms with Crippen molar-refractivity contribution in [2.75, 3.05) is 11.9 Å². The molecule has 27 heavy (non-hydrogen) atoms. The molecule has 0 radical (unpaired) electrons. The molecule has 1 amide bonds. The lowest BCUT2D eigenvalue weighted by atomic mass is 10.1. The molecule has 1 aromatic carbocycles. The van der Waals surface area contributed by atoms with Gasteiger partial charge in [-0.15, -0.1) is 0 Å². The number of anilines is 1. The Kier molecular flexibility index (Phi) is 5.66. The van der Waals surface area contributed by atoms with E-state index >= 15 is 0 Å². The third kappa shape index (κ3) is 4.41. The van der Waals surface area contributed by atoms with Crippen molar-refractivity contribution in [2.45, 2.75) is 13.8 Å². The van der Waals surface area contributed by atoms with E-state index in [0.717, 1.165) is 6.07 Å². The van der Waals surface area contributed by atoms with Gasteiger partial charge in [-0.3, -0.25) is 9.78 Å². The highest BCUT2D eigenvalue weighted by atomic mass is 35.5. The van der Waals surface area contributed by atoms with Crippen molar-refractivity contribution in [3.63, 3.8) is 0 Å². The number of hydrogen-bond acceptors (Lipinski definition) is 4. The number of nitrogens with zero attached hydrogens (tertiary/aromatic N) is 2. The second-order valence-corrected chi connectivity index (χ2v) is 6.14. The highest BCUT2D eigenvalue weighted by molar-refractivity contribution is 6.33. The van der Waals surface area contributed by atoms with Crippen LogP contribution in [-0.2, 0) is 0 Å². The molecule has 0 unspecified atom stereocenters. The third-order valence-electron chi connectivity index (χ3n) is 3.84. The molecule has 0 aliphatic carbocycles. The van der Waals surface area contributed by atoms with Crippen molar-refractivity contribution in [1.82, 2.24) is 9.97 Å². The van der Waals surface area contributed by atoms with Gasteiger partial charge in [0.1, 0.15) is 5.75 Å². The van der Waals surface area contributed by atoms with E-state index in [9.17, 15) is 9.18 Å². The van der Waals surface area contributed by atoms with Gasteiger partial charge in [-0.1, -0.05) is 11.6 Å². The number of halogens is 2. The Morgan fingerprint density at radius 1 is 1.22 bits per heavy atom. The first kappa shape index (κ1) is 18.8. The number of carbonyl (C=O) groups excluding carboxylic acids is 1. The van der Waals surface area contributed by atoms with Crippen molar-refractivity contribution in [1.29, 1.82) is 0 Å². The lowest BCUT2D eigenvalue weighted by molar-refractivity contribution is 0.102. The van der Waals surface area contributed by atoms with E-state index in [1.54, 1.807) is 43.5 Å². The number of aryl methyl sites for hydroxylation is 1. The van der Waals surface area contributed by atoms with Crippen LogP contribution in [0.2, 0.25) is 5.02 Å². The fraction of sp³-hybridized carbons (Fsp3) is 0.150. The van der Waals surface area contributed by atoms with Gasteiger partial charge in [0, 0.05) is 11.3 Å². The topological polar surface area (TPSA) is 64.1 Å². The summed E-state index contributed by atoms with van der Waals surface area (Å²) >= 11 is 6.29. The molecule has 0 bridgehead atoms. The first-order valence-corrected chi connectivity index (χ1v) is 8.69. The fourth-order valence-electron chi connectivity index (χ4n) is 2.56. The first-order chi connectivity index (χ1) is 13.0. The Morgan fingerprint density at radius 3 is 2.70 bits per heavy atom. The summed E-state index contributed by atoms with van der Waals surface area (Å²) in [4.78, 5) is 20.5. The van der Waals surface area contributed by atoms with Crippen LogP contribution in [0.5, 0.6) is 5.75 Å². The fourth-order valence-corrected chi connectivity index (χ4v) is 2.77. The number of nitrogens with one attached hydrogen (secondary N) is 1. The molecule has 3 aromatic rings. The van der Waals surface area contributed by atoms with Gasteiger partial charge in [0.25, 0.3) is 5.91 Å². The van der Waals surface area contributed by atoms with Gasteiger partial charge in [-0.05, 0) is 56.3 Å².